The van der Waals surface area contributed by atoms with Crippen LogP contribution in [0.2, 0.25) is 0 Å². The maximum Gasteiger partial charge on any atom is 0.306 e. The molecule has 3 heterocycles. The van der Waals surface area contributed by atoms with E-state index < -0.39 is 5.97 Å². The summed E-state index contributed by atoms with van der Waals surface area (Å²) in [5.41, 5.74) is 1.57. The highest BCUT2D eigenvalue weighted by Crippen LogP contribution is 2.26. The van der Waals surface area contributed by atoms with Gasteiger partial charge in [-0.2, -0.15) is 4.98 Å². The van der Waals surface area contributed by atoms with E-state index in [9.17, 15) is 4.79 Å². The van der Waals surface area contributed by atoms with Crippen molar-refractivity contribution in [3.63, 3.8) is 0 Å². The van der Waals surface area contributed by atoms with Crippen molar-refractivity contribution in [1.29, 1.82) is 0 Å². The Kier molecular flexibility index (Phi) is 4.92. The smallest absolute Gasteiger partial charge is 0.306 e. The van der Waals surface area contributed by atoms with Gasteiger partial charge in [-0.15, -0.1) is 0 Å². The average Bonchev–Trinajstić information content (AvgIpc) is 3.24. The molecule has 3 aromatic rings. The summed E-state index contributed by atoms with van der Waals surface area (Å²) < 4.78 is 10.5. The Morgan fingerprint density at radius 2 is 1.86 bits per heavy atom. The maximum absolute atomic E-state index is 11.1. The number of aromatic nitrogens is 3. The normalized spacial score (nSPS) is 14.8. The molecule has 0 aliphatic carbocycles. The van der Waals surface area contributed by atoms with Crippen LogP contribution in [0, 0.1) is 5.92 Å². The molecule has 0 radical (unpaired) electrons. The van der Waals surface area contributed by atoms with Crippen molar-refractivity contribution < 1.29 is 19.2 Å². The molecule has 1 N–H and O–H groups in total. The number of carboxylic acid groups (broad SMARTS) is 1. The average molecular weight is 380 g/mol. The van der Waals surface area contributed by atoms with Gasteiger partial charge in [0.25, 0.3) is 5.89 Å². The minimum Gasteiger partial charge on any atom is -0.497 e. The van der Waals surface area contributed by atoms with Crippen LogP contribution < -0.4 is 9.64 Å². The maximum atomic E-state index is 11.1. The number of methoxy groups -OCH3 is 1. The molecule has 144 valence electrons. The molecule has 1 fully saturated rings. The number of piperidine rings is 1. The van der Waals surface area contributed by atoms with E-state index in [0.29, 0.717) is 37.6 Å². The minimum absolute atomic E-state index is 0.259. The third-order valence-corrected chi connectivity index (χ3v) is 4.94. The number of hydrogen-bond donors (Lipinski definition) is 1. The van der Waals surface area contributed by atoms with E-state index in [1.807, 2.05) is 36.4 Å². The molecule has 8 nitrogen and oxygen atoms in total. The summed E-state index contributed by atoms with van der Waals surface area (Å²) in [6.07, 6.45) is 2.96. The first-order chi connectivity index (χ1) is 13.6. The third kappa shape index (κ3) is 3.66. The van der Waals surface area contributed by atoms with Gasteiger partial charge in [0, 0.05) is 24.8 Å². The molecular weight excluding hydrogens is 360 g/mol. The number of aliphatic carboxylic acids is 1. The number of hydrogen-bond acceptors (Lipinski definition) is 7. The molecule has 0 bridgehead atoms. The van der Waals surface area contributed by atoms with Crippen LogP contribution in [0.15, 0.2) is 47.1 Å². The lowest BCUT2D eigenvalue weighted by molar-refractivity contribution is -0.142. The molecular formula is C20H20N4O4. The number of nitrogens with zero attached hydrogens (tertiary/aromatic N) is 4. The predicted octanol–water partition coefficient (Wildman–Crippen LogP) is 3.11. The summed E-state index contributed by atoms with van der Waals surface area (Å²) in [6.45, 7) is 1.37. The summed E-state index contributed by atoms with van der Waals surface area (Å²) >= 11 is 0. The van der Waals surface area contributed by atoms with Crippen molar-refractivity contribution >= 4 is 11.8 Å². The van der Waals surface area contributed by atoms with E-state index in [0.717, 1.165) is 22.7 Å². The summed E-state index contributed by atoms with van der Waals surface area (Å²) in [7, 11) is 1.62. The minimum atomic E-state index is -0.716. The first-order valence-corrected chi connectivity index (χ1v) is 9.06. The van der Waals surface area contributed by atoms with E-state index >= 15 is 0 Å². The lowest BCUT2D eigenvalue weighted by Crippen LogP contribution is -2.36. The first kappa shape index (κ1) is 18.0. The largest absolute Gasteiger partial charge is 0.497 e. The van der Waals surface area contributed by atoms with Crippen molar-refractivity contribution in [2.24, 2.45) is 5.92 Å². The molecule has 4 rings (SSSR count). The van der Waals surface area contributed by atoms with Gasteiger partial charge in [0.1, 0.15) is 11.6 Å². The molecule has 28 heavy (non-hydrogen) atoms. The molecule has 0 unspecified atom stereocenters. The van der Waals surface area contributed by atoms with Gasteiger partial charge in [0.05, 0.1) is 18.6 Å². The molecule has 1 aromatic carbocycles. The monoisotopic (exact) mass is 380 g/mol. The predicted molar refractivity (Wildman–Crippen MR) is 102 cm³/mol. The molecule has 1 aliphatic heterocycles. The lowest BCUT2D eigenvalue weighted by atomic mass is 9.97. The van der Waals surface area contributed by atoms with Gasteiger partial charge in [-0.25, -0.2) is 4.98 Å². The first-order valence-electron chi connectivity index (χ1n) is 9.06. The van der Waals surface area contributed by atoms with Crippen LogP contribution in [0.4, 0.5) is 5.82 Å². The zero-order valence-electron chi connectivity index (χ0n) is 15.4. The van der Waals surface area contributed by atoms with Crippen LogP contribution in [-0.4, -0.2) is 46.4 Å². The molecule has 1 aliphatic rings. The molecule has 1 saturated heterocycles. The Morgan fingerprint density at radius 1 is 1.14 bits per heavy atom. The highest BCUT2D eigenvalue weighted by molar-refractivity contribution is 5.70. The van der Waals surface area contributed by atoms with Gasteiger partial charge in [-0.05, 0) is 49.2 Å². The Morgan fingerprint density at radius 3 is 2.46 bits per heavy atom. The second-order valence-corrected chi connectivity index (χ2v) is 6.66. The van der Waals surface area contributed by atoms with Crippen LogP contribution in [0.5, 0.6) is 5.75 Å². The summed E-state index contributed by atoms with van der Waals surface area (Å²) in [6, 6.07) is 11.2. The van der Waals surface area contributed by atoms with Crippen molar-refractivity contribution in [2.75, 3.05) is 25.1 Å². The number of pyridine rings is 1. The number of rotatable bonds is 5. The van der Waals surface area contributed by atoms with Crippen LogP contribution in [-0.2, 0) is 4.79 Å². The van der Waals surface area contributed by atoms with E-state index in [1.165, 1.54) is 0 Å². The van der Waals surface area contributed by atoms with E-state index in [4.69, 9.17) is 14.4 Å². The molecule has 0 amide bonds. The van der Waals surface area contributed by atoms with Crippen molar-refractivity contribution in [1.82, 2.24) is 15.1 Å². The van der Waals surface area contributed by atoms with Crippen LogP contribution >= 0.6 is 0 Å². The molecule has 0 atom stereocenters. The highest BCUT2D eigenvalue weighted by Gasteiger charge is 2.25. The highest BCUT2D eigenvalue weighted by atomic mass is 16.5. The number of benzene rings is 1. The second kappa shape index (κ2) is 7.67. The molecule has 0 saturated carbocycles. The third-order valence-electron chi connectivity index (χ3n) is 4.94. The van der Waals surface area contributed by atoms with E-state index in [-0.39, 0.29) is 5.92 Å². The van der Waals surface area contributed by atoms with Gasteiger partial charge in [-0.1, -0.05) is 5.16 Å². The van der Waals surface area contributed by atoms with Crippen molar-refractivity contribution in [3.05, 3.63) is 42.6 Å². The fourth-order valence-corrected chi connectivity index (χ4v) is 3.25. The van der Waals surface area contributed by atoms with Crippen LogP contribution in [0.3, 0.4) is 0 Å². The fraction of sp³-hybridized carbons (Fsp3) is 0.300. The summed E-state index contributed by atoms with van der Waals surface area (Å²) in [5, 5.41) is 13.1. The van der Waals surface area contributed by atoms with Crippen molar-refractivity contribution in [3.8, 4) is 28.6 Å². The number of carbonyl (C=O) groups is 1. The standard InChI is InChI=1S/C20H20N4O4/c1-27-16-5-2-13(3-6-16)18-22-19(28-23-18)15-4-7-17(21-12-15)24-10-8-14(9-11-24)20(25)26/h2-7,12,14H,8-11H2,1H3,(H,25,26). The van der Waals surface area contributed by atoms with Gasteiger partial charge < -0.3 is 19.3 Å². The van der Waals surface area contributed by atoms with Crippen LogP contribution in [0.1, 0.15) is 12.8 Å². The summed E-state index contributed by atoms with van der Waals surface area (Å²) in [5.74, 6) is 1.51. The van der Waals surface area contributed by atoms with E-state index in [2.05, 4.69) is 20.0 Å². The molecule has 8 heteroatoms. The fourth-order valence-electron chi connectivity index (χ4n) is 3.25. The lowest BCUT2D eigenvalue weighted by Gasteiger charge is -2.30. The Bertz CT molecular complexity index is 945. The van der Waals surface area contributed by atoms with Crippen LogP contribution in [0.25, 0.3) is 22.8 Å². The van der Waals surface area contributed by atoms with E-state index in [1.54, 1.807) is 13.3 Å². The Hall–Kier alpha value is -3.42. The van der Waals surface area contributed by atoms with Gasteiger partial charge >= 0.3 is 5.97 Å². The second-order valence-electron chi connectivity index (χ2n) is 6.66. The van der Waals surface area contributed by atoms with Gasteiger partial charge in [0.15, 0.2) is 0 Å². The van der Waals surface area contributed by atoms with Gasteiger partial charge in [-0.3, -0.25) is 4.79 Å². The molecule has 2 aromatic heterocycles. The SMILES string of the molecule is COc1ccc(-c2noc(-c3ccc(N4CCC(C(=O)O)CC4)nc3)n2)cc1. The number of carboxylic acids is 1. The number of anilines is 1. The Labute approximate surface area is 161 Å². The topological polar surface area (TPSA) is 102 Å². The van der Waals surface area contributed by atoms with Gasteiger partial charge in [0.2, 0.25) is 5.82 Å². The Balaban J connectivity index is 1.46. The summed E-state index contributed by atoms with van der Waals surface area (Å²) in [4.78, 5) is 22.1. The zero-order chi connectivity index (χ0) is 19.5. The number of ether oxygens (including phenoxy) is 1. The molecule has 0 spiro atoms. The quantitative estimate of drug-likeness (QED) is 0.720. The zero-order valence-corrected chi connectivity index (χ0v) is 15.4. The van der Waals surface area contributed by atoms with Crippen molar-refractivity contribution in [2.45, 2.75) is 12.8 Å².